The highest BCUT2D eigenvalue weighted by Crippen LogP contribution is 1.86. The number of aliphatic carboxylic acids is 1. The summed E-state index contributed by atoms with van der Waals surface area (Å²) in [6.07, 6.45) is 2.42. The average molecular weight is 214 g/mol. The molecule has 0 aromatic rings. The van der Waals surface area contributed by atoms with Gasteiger partial charge in [0, 0.05) is 18.7 Å². The molecule has 0 aromatic carbocycles. The van der Waals surface area contributed by atoms with E-state index < -0.39 is 5.97 Å². The van der Waals surface area contributed by atoms with E-state index >= 15 is 0 Å². The summed E-state index contributed by atoms with van der Waals surface area (Å²) in [6, 6.07) is 0. The van der Waals surface area contributed by atoms with Crippen molar-refractivity contribution in [2.24, 2.45) is 0 Å². The highest BCUT2D eigenvalue weighted by atomic mass is 16.4. The number of carbonyl (C=O) groups excluding carboxylic acids is 1. The van der Waals surface area contributed by atoms with Crippen LogP contribution in [0.1, 0.15) is 26.7 Å². The second-order valence-electron chi connectivity index (χ2n) is 3.17. The predicted molar refractivity (Wildman–Crippen MR) is 57.3 cm³/mol. The van der Waals surface area contributed by atoms with Crippen molar-refractivity contribution in [2.45, 2.75) is 26.7 Å². The summed E-state index contributed by atoms with van der Waals surface area (Å²) >= 11 is 0. The molecule has 5 nitrogen and oxygen atoms in total. The van der Waals surface area contributed by atoms with Gasteiger partial charge >= 0.3 is 5.97 Å². The smallest absolute Gasteiger partial charge is 0.303 e. The number of hydrogen-bond acceptors (Lipinski definition) is 3. The highest BCUT2D eigenvalue weighted by Gasteiger charge is 2.00. The largest absolute Gasteiger partial charge is 0.481 e. The molecule has 3 N–H and O–H groups in total. The van der Waals surface area contributed by atoms with E-state index in [0.29, 0.717) is 13.0 Å². The van der Waals surface area contributed by atoms with Crippen molar-refractivity contribution >= 4 is 11.9 Å². The summed E-state index contributed by atoms with van der Waals surface area (Å²) in [7, 11) is 0. The Balaban J connectivity index is 3.46. The van der Waals surface area contributed by atoms with Crippen LogP contribution in [0.15, 0.2) is 11.8 Å². The number of amides is 1. The van der Waals surface area contributed by atoms with E-state index in [2.05, 4.69) is 10.6 Å². The molecular weight excluding hydrogens is 196 g/mol. The van der Waals surface area contributed by atoms with E-state index in [1.807, 2.05) is 19.9 Å². The molecule has 1 amide bonds. The molecule has 15 heavy (non-hydrogen) atoms. The minimum Gasteiger partial charge on any atom is -0.481 e. The zero-order valence-electron chi connectivity index (χ0n) is 9.17. The van der Waals surface area contributed by atoms with Crippen LogP contribution in [-0.4, -0.2) is 30.1 Å². The zero-order valence-corrected chi connectivity index (χ0v) is 9.17. The van der Waals surface area contributed by atoms with Crippen LogP contribution < -0.4 is 10.6 Å². The Hall–Kier alpha value is -1.52. The lowest BCUT2D eigenvalue weighted by molar-refractivity contribution is -0.137. The number of allylic oxidation sites excluding steroid dienone is 2. The van der Waals surface area contributed by atoms with E-state index in [9.17, 15) is 9.59 Å². The molecule has 0 bridgehead atoms. The van der Waals surface area contributed by atoms with E-state index in [1.165, 1.54) is 0 Å². The lowest BCUT2D eigenvalue weighted by atomic mass is 10.3. The number of nitrogens with one attached hydrogen (secondary N) is 2. The molecule has 0 unspecified atom stereocenters. The van der Waals surface area contributed by atoms with Crippen LogP contribution >= 0.6 is 0 Å². The van der Waals surface area contributed by atoms with E-state index in [1.54, 1.807) is 0 Å². The summed E-state index contributed by atoms with van der Waals surface area (Å²) in [4.78, 5) is 21.3. The Labute approximate surface area is 89.6 Å². The molecule has 0 heterocycles. The van der Waals surface area contributed by atoms with Crippen LogP contribution in [0.3, 0.4) is 0 Å². The van der Waals surface area contributed by atoms with Gasteiger partial charge in [-0.3, -0.25) is 9.59 Å². The van der Waals surface area contributed by atoms with Gasteiger partial charge in [-0.2, -0.15) is 0 Å². The van der Waals surface area contributed by atoms with E-state index in [0.717, 1.165) is 5.70 Å². The second kappa shape index (κ2) is 7.84. The number of carboxylic acids is 1. The average Bonchev–Trinajstić information content (AvgIpc) is 2.20. The first kappa shape index (κ1) is 13.5. The summed E-state index contributed by atoms with van der Waals surface area (Å²) < 4.78 is 0. The van der Waals surface area contributed by atoms with Crippen LogP contribution in [0, 0.1) is 0 Å². The van der Waals surface area contributed by atoms with Gasteiger partial charge < -0.3 is 15.7 Å². The fourth-order valence-electron chi connectivity index (χ4n) is 0.852. The van der Waals surface area contributed by atoms with Gasteiger partial charge in [-0.15, -0.1) is 0 Å². The van der Waals surface area contributed by atoms with Crippen molar-refractivity contribution < 1.29 is 14.7 Å². The third kappa shape index (κ3) is 8.80. The van der Waals surface area contributed by atoms with Gasteiger partial charge in [0.15, 0.2) is 0 Å². The Morgan fingerprint density at radius 1 is 1.33 bits per heavy atom. The summed E-state index contributed by atoms with van der Waals surface area (Å²) in [5, 5.41) is 13.9. The van der Waals surface area contributed by atoms with Crippen molar-refractivity contribution in [3.63, 3.8) is 0 Å². The van der Waals surface area contributed by atoms with Gasteiger partial charge in [0.2, 0.25) is 5.91 Å². The molecule has 86 valence electrons. The van der Waals surface area contributed by atoms with Crippen molar-refractivity contribution in [3.8, 4) is 0 Å². The third-order valence-electron chi connectivity index (χ3n) is 1.85. The molecule has 0 radical (unpaired) electrons. The molecule has 0 atom stereocenters. The molecule has 0 rings (SSSR count). The fourth-order valence-corrected chi connectivity index (χ4v) is 0.852. The quantitative estimate of drug-likeness (QED) is 0.539. The number of carbonyl (C=O) groups is 2. The maximum absolute atomic E-state index is 11.2. The first-order chi connectivity index (χ1) is 7.06. The topological polar surface area (TPSA) is 78.4 Å². The minimum absolute atomic E-state index is 0.0849. The molecule has 5 heteroatoms. The standard InChI is InChI=1S/C10H18N2O3/c1-3-8(2)12-7-9(13)11-6-4-5-10(14)15/h3,12H,4-7H2,1-2H3,(H,11,13)(H,14,15)/b8-3-. The highest BCUT2D eigenvalue weighted by molar-refractivity contribution is 5.78. The first-order valence-corrected chi connectivity index (χ1v) is 4.91. The van der Waals surface area contributed by atoms with Gasteiger partial charge in [0.25, 0.3) is 0 Å². The van der Waals surface area contributed by atoms with Gasteiger partial charge in [-0.05, 0) is 20.3 Å². The molecule has 0 fully saturated rings. The van der Waals surface area contributed by atoms with Gasteiger partial charge in [0.1, 0.15) is 0 Å². The summed E-state index contributed by atoms with van der Waals surface area (Å²) in [6.45, 7) is 4.38. The molecule has 0 spiro atoms. The van der Waals surface area contributed by atoms with Gasteiger partial charge in [-0.25, -0.2) is 0 Å². The molecule has 0 aliphatic rings. The predicted octanol–water partition coefficient (Wildman–Crippen LogP) is 0.481. The monoisotopic (exact) mass is 214 g/mol. The lowest BCUT2D eigenvalue weighted by Gasteiger charge is -2.06. The number of carboxylic acid groups (broad SMARTS) is 1. The van der Waals surface area contributed by atoms with Crippen LogP contribution in [0.2, 0.25) is 0 Å². The van der Waals surface area contributed by atoms with Crippen LogP contribution in [0.5, 0.6) is 0 Å². The Morgan fingerprint density at radius 3 is 2.53 bits per heavy atom. The molecule has 0 aliphatic heterocycles. The fraction of sp³-hybridized carbons (Fsp3) is 0.600. The Kier molecular flexibility index (Phi) is 7.05. The molecule has 0 saturated carbocycles. The van der Waals surface area contributed by atoms with Crippen LogP contribution in [0.25, 0.3) is 0 Å². The van der Waals surface area contributed by atoms with Crippen molar-refractivity contribution in [3.05, 3.63) is 11.8 Å². The van der Waals surface area contributed by atoms with Crippen LogP contribution in [-0.2, 0) is 9.59 Å². The molecule has 0 aliphatic carbocycles. The van der Waals surface area contributed by atoms with E-state index in [4.69, 9.17) is 5.11 Å². The normalized spacial score (nSPS) is 10.9. The van der Waals surface area contributed by atoms with Gasteiger partial charge in [-0.1, -0.05) is 6.08 Å². The van der Waals surface area contributed by atoms with E-state index in [-0.39, 0.29) is 18.9 Å². The maximum atomic E-state index is 11.2. The molecule has 0 aromatic heterocycles. The van der Waals surface area contributed by atoms with Crippen LogP contribution in [0.4, 0.5) is 0 Å². The number of rotatable bonds is 7. The van der Waals surface area contributed by atoms with Crippen molar-refractivity contribution in [1.29, 1.82) is 0 Å². The lowest BCUT2D eigenvalue weighted by Crippen LogP contribution is -2.33. The summed E-state index contributed by atoms with van der Waals surface area (Å²) in [5.41, 5.74) is 0.940. The Morgan fingerprint density at radius 2 is 2.00 bits per heavy atom. The molecular formula is C10H18N2O3. The summed E-state index contributed by atoms with van der Waals surface area (Å²) in [5.74, 6) is -0.964. The second-order valence-corrected chi connectivity index (χ2v) is 3.17. The van der Waals surface area contributed by atoms with Gasteiger partial charge in [0.05, 0.1) is 6.54 Å². The van der Waals surface area contributed by atoms with Crippen molar-refractivity contribution in [2.75, 3.05) is 13.1 Å². The zero-order chi connectivity index (χ0) is 11.7. The number of hydrogen-bond donors (Lipinski definition) is 3. The SMILES string of the molecule is C/C=C(/C)NCC(=O)NCCCC(=O)O. The first-order valence-electron chi connectivity index (χ1n) is 4.91. The minimum atomic E-state index is -0.841. The maximum Gasteiger partial charge on any atom is 0.303 e. The van der Waals surface area contributed by atoms with Crippen molar-refractivity contribution in [1.82, 2.24) is 10.6 Å². The Bertz CT molecular complexity index is 249. The third-order valence-corrected chi connectivity index (χ3v) is 1.85. The molecule has 0 saturated heterocycles.